The lowest BCUT2D eigenvalue weighted by molar-refractivity contribution is 0.414. The fourth-order valence-electron chi connectivity index (χ4n) is 4.67. The van der Waals surface area contributed by atoms with E-state index >= 15 is 0 Å². The van der Waals surface area contributed by atoms with Gasteiger partial charge in [-0.3, -0.25) is 10.4 Å². The molecule has 0 saturated carbocycles. The molecule has 0 saturated heterocycles. The summed E-state index contributed by atoms with van der Waals surface area (Å²) in [5, 5.41) is 2.31. The number of benzene rings is 3. The van der Waals surface area contributed by atoms with Crippen molar-refractivity contribution in [1.82, 2.24) is 5.43 Å². The largest absolute Gasteiger partial charge is 0.497 e. The van der Waals surface area contributed by atoms with Gasteiger partial charge in [0.2, 0.25) is 0 Å². The molecular formula is C28H28N2O2. The zero-order valence-corrected chi connectivity index (χ0v) is 18.5. The van der Waals surface area contributed by atoms with Gasteiger partial charge in [-0.1, -0.05) is 42.5 Å². The van der Waals surface area contributed by atoms with Gasteiger partial charge in [-0.2, -0.15) is 0 Å². The molecule has 5 rings (SSSR count). The van der Waals surface area contributed by atoms with Gasteiger partial charge in [0.05, 0.1) is 31.6 Å². The third-order valence-corrected chi connectivity index (χ3v) is 6.28. The highest BCUT2D eigenvalue weighted by atomic mass is 16.5. The number of anilines is 1. The minimum absolute atomic E-state index is 0.151. The molecule has 1 aliphatic heterocycles. The average Bonchev–Trinajstić information content (AvgIpc) is 3.26. The summed E-state index contributed by atoms with van der Waals surface area (Å²) in [4.78, 5) is 0. The van der Waals surface area contributed by atoms with E-state index in [-0.39, 0.29) is 6.04 Å². The van der Waals surface area contributed by atoms with Crippen molar-refractivity contribution in [3.05, 3.63) is 107 Å². The Morgan fingerprint density at radius 1 is 0.812 bits per heavy atom. The van der Waals surface area contributed by atoms with E-state index < -0.39 is 0 Å². The third kappa shape index (κ3) is 3.84. The van der Waals surface area contributed by atoms with Gasteiger partial charge >= 0.3 is 0 Å². The Kier molecular flexibility index (Phi) is 5.59. The number of methoxy groups -OCH3 is 2. The second-order valence-corrected chi connectivity index (χ2v) is 8.19. The Morgan fingerprint density at radius 2 is 1.47 bits per heavy atom. The molecule has 4 heteroatoms. The number of nitrogens with one attached hydrogen (secondary N) is 1. The van der Waals surface area contributed by atoms with Gasteiger partial charge in [0.1, 0.15) is 11.5 Å². The topological polar surface area (TPSA) is 33.7 Å². The molecule has 1 aliphatic carbocycles. The van der Waals surface area contributed by atoms with Crippen LogP contribution >= 0.6 is 0 Å². The molecule has 1 atom stereocenters. The summed E-state index contributed by atoms with van der Waals surface area (Å²) in [7, 11) is 3.41. The molecule has 3 aromatic carbocycles. The zero-order valence-electron chi connectivity index (χ0n) is 18.5. The minimum Gasteiger partial charge on any atom is -0.497 e. The van der Waals surface area contributed by atoms with Gasteiger partial charge in [0, 0.05) is 0 Å². The van der Waals surface area contributed by atoms with E-state index in [1.165, 1.54) is 28.0 Å². The van der Waals surface area contributed by atoms with E-state index in [1.54, 1.807) is 14.2 Å². The fourth-order valence-corrected chi connectivity index (χ4v) is 4.67. The molecule has 1 unspecified atom stereocenters. The van der Waals surface area contributed by atoms with Crippen molar-refractivity contribution in [3.8, 4) is 11.5 Å². The maximum absolute atomic E-state index is 5.39. The standard InChI is InChI=1S/C28H28N2O2/c1-31-24-15-11-20(12-16-24)19-22-7-6-10-26-27(22)29-30(23-8-4-3-5-9-23)28(26)21-13-17-25(32-2)18-14-21/h3-5,8-9,11-19,28-29H,6-7,10H2,1-2H3. The molecule has 162 valence electrons. The summed E-state index contributed by atoms with van der Waals surface area (Å²) in [6, 6.07) is 27.4. The van der Waals surface area contributed by atoms with E-state index in [9.17, 15) is 0 Å². The summed E-state index contributed by atoms with van der Waals surface area (Å²) >= 11 is 0. The number of para-hydroxylation sites is 1. The lowest BCUT2D eigenvalue weighted by Gasteiger charge is -2.29. The van der Waals surface area contributed by atoms with Crippen molar-refractivity contribution in [2.24, 2.45) is 0 Å². The molecule has 2 aliphatic rings. The highest BCUT2D eigenvalue weighted by Crippen LogP contribution is 2.45. The number of rotatable bonds is 5. The maximum atomic E-state index is 5.39. The van der Waals surface area contributed by atoms with Crippen LogP contribution in [0.2, 0.25) is 0 Å². The summed E-state index contributed by atoms with van der Waals surface area (Å²) in [6.07, 6.45) is 5.61. The lowest BCUT2D eigenvalue weighted by Crippen LogP contribution is -2.34. The number of nitrogens with zero attached hydrogens (tertiary/aromatic N) is 1. The van der Waals surface area contributed by atoms with Crippen molar-refractivity contribution in [2.75, 3.05) is 19.2 Å². The van der Waals surface area contributed by atoms with Gasteiger partial charge in [-0.15, -0.1) is 0 Å². The molecule has 1 heterocycles. The second kappa shape index (κ2) is 8.83. The summed E-state index contributed by atoms with van der Waals surface area (Å²) in [5.74, 6) is 1.76. The molecule has 1 N–H and O–H groups in total. The first-order valence-corrected chi connectivity index (χ1v) is 11.1. The Bertz CT molecular complexity index is 1130. The first kappa shape index (κ1) is 20.3. The summed E-state index contributed by atoms with van der Waals surface area (Å²) < 4.78 is 10.7. The van der Waals surface area contributed by atoms with Crippen LogP contribution in [0.4, 0.5) is 5.69 Å². The Balaban J connectivity index is 1.56. The zero-order chi connectivity index (χ0) is 21.9. The maximum Gasteiger partial charge on any atom is 0.118 e. The highest BCUT2D eigenvalue weighted by molar-refractivity contribution is 5.65. The second-order valence-electron chi connectivity index (χ2n) is 8.19. The molecule has 0 bridgehead atoms. The third-order valence-electron chi connectivity index (χ3n) is 6.28. The molecule has 0 fully saturated rings. The minimum atomic E-state index is 0.151. The Morgan fingerprint density at radius 3 is 2.12 bits per heavy atom. The van der Waals surface area contributed by atoms with Gasteiger partial charge in [0.15, 0.2) is 0 Å². The molecule has 0 radical (unpaired) electrons. The van der Waals surface area contributed by atoms with Crippen LogP contribution in [0.15, 0.2) is 95.7 Å². The van der Waals surface area contributed by atoms with Crippen molar-refractivity contribution in [3.63, 3.8) is 0 Å². The first-order valence-electron chi connectivity index (χ1n) is 11.1. The molecule has 0 spiro atoms. The predicted octanol–water partition coefficient (Wildman–Crippen LogP) is 6.29. The highest BCUT2D eigenvalue weighted by Gasteiger charge is 2.36. The lowest BCUT2D eigenvalue weighted by atomic mass is 9.85. The molecule has 0 amide bonds. The normalized spacial score (nSPS) is 19.0. The van der Waals surface area contributed by atoms with Crippen LogP contribution < -0.4 is 19.9 Å². The van der Waals surface area contributed by atoms with Crippen LogP contribution in [-0.2, 0) is 0 Å². The number of hydrazine groups is 1. The fraction of sp³-hybridized carbons (Fsp3) is 0.214. The van der Waals surface area contributed by atoms with Crippen LogP contribution in [0.1, 0.15) is 36.4 Å². The SMILES string of the molecule is COc1ccc(C=C2CCCC3=C2NN(c2ccccc2)C3c2ccc(OC)cc2)cc1. The Labute approximate surface area is 189 Å². The van der Waals surface area contributed by atoms with Crippen LogP contribution in [0.3, 0.4) is 0 Å². The average molecular weight is 425 g/mol. The summed E-state index contributed by atoms with van der Waals surface area (Å²) in [6.45, 7) is 0. The van der Waals surface area contributed by atoms with Crippen LogP contribution in [0, 0.1) is 0 Å². The first-order chi connectivity index (χ1) is 15.8. The summed E-state index contributed by atoms with van der Waals surface area (Å²) in [5.41, 5.74) is 11.4. The molecule has 3 aromatic rings. The number of hydrogen-bond donors (Lipinski definition) is 1. The van der Waals surface area contributed by atoms with Crippen LogP contribution in [0.25, 0.3) is 6.08 Å². The monoisotopic (exact) mass is 424 g/mol. The van der Waals surface area contributed by atoms with E-state index in [2.05, 4.69) is 71.1 Å². The number of hydrogen-bond acceptors (Lipinski definition) is 4. The van der Waals surface area contributed by atoms with Gasteiger partial charge < -0.3 is 9.47 Å². The van der Waals surface area contributed by atoms with E-state index in [0.29, 0.717) is 0 Å². The molecule has 0 aromatic heterocycles. The quantitative estimate of drug-likeness (QED) is 0.522. The smallest absolute Gasteiger partial charge is 0.118 e. The van der Waals surface area contributed by atoms with Crippen LogP contribution in [-0.4, -0.2) is 14.2 Å². The van der Waals surface area contributed by atoms with Gasteiger partial charge in [-0.25, -0.2) is 0 Å². The van der Waals surface area contributed by atoms with E-state index in [0.717, 1.165) is 36.4 Å². The van der Waals surface area contributed by atoms with E-state index in [4.69, 9.17) is 9.47 Å². The van der Waals surface area contributed by atoms with Crippen LogP contribution in [0.5, 0.6) is 11.5 Å². The Hall–Kier alpha value is -3.66. The molecule has 4 nitrogen and oxygen atoms in total. The van der Waals surface area contributed by atoms with E-state index in [1.807, 2.05) is 24.3 Å². The van der Waals surface area contributed by atoms with Crippen molar-refractivity contribution < 1.29 is 9.47 Å². The van der Waals surface area contributed by atoms with Gasteiger partial charge in [0.25, 0.3) is 0 Å². The predicted molar refractivity (Wildman–Crippen MR) is 130 cm³/mol. The number of allylic oxidation sites excluding steroid dienone is 1. The molecule has 32 heavy (non-hydrogen) atoms. The number of ether oxygens (including phenoxy) is 2. The van der Waals surface area contributed by atoms with Crippen molar-refractivity contribution in [1.29, 1.82) is 0 Å². The van der Waals surface area contributed by atoms with Crippen molar-refractivity contribution >= 4 is 11.8 Å². The van der Waals surface area contributed by atoms with Gasteiger partial charge in [-0.05, 0) is 84.0 Å². The van der Waals surface area contributed by atoms with Crippen molar-refractivity contribution in [2.45, 2.75) is 25.3 Å². The molecular weight excluding hydrogens is 396 g/mol.